The molecule has 0 spiro atoms. The SMILES string of the molecule is COc1ccc(/C=N\Nc2nc(-c3ccc(F)cc3)cs2)c(Cl)c1OC. The van der Waals surface area contributed by atoms with Crippen molar-refractivity contribution in [3.63, 3.8) is 0 Å². The van der Waals surface area contributed by atoms with Crippen molar-refractivity contribution in [1.82, 2.24) is 4.98 Å². The third-order valence-corrected chi connectivity index (χ3v) is 4.66. The van der Waals surface area contributed by atoms with Crippen molar-refractivity contribution < 1.29 is 13.9 Å². The minimum absolute atomic E-state index is 0.279. The van der Waals surface area contributed by atoms with Gasteiger partial charge in [0.1, 0.15) is 5.82 Å². The molecule has 8 heteroatoms. The van der Waals surface area contributed by atoms with Gasteiger partial charge in [0.05, 0.1) is 31.2 Å². The van der Waals surface area contributed by atoms with E-state index in [0.717, 1.165) is 11.3 Å². The molecule has 1 aromatic heterocycles. The van der Waals surface area contributed by atoms with Crippen molar-refractivity contribution in [2.75, 3.05) is 19.6 Å². The van der Waals surface area contributed by atoms with E-state index in [2.05, 4.69) is 15.5 Å². The first-order chi connectivity index (χ1) is 12.6. The molecule has 0 unspecified atom stereocenters. The van der Waals surface area contributed by atoms with E-state index in [1.807, 2.05) is 5.38 Å². The maximum Gasteiger partial charge on any atom is 0.203 e. The number of hydrogen-bond acceptors (Lipinski definition) is 6. The molecule has 0 radical (unpaired) electrons. The third kappa shape index (κ3) is 3.95. The van der Waals surface area contributed by atoms with Gasteiger partial charge in [0, 0.05) is 16.5 Å². The van der Waals surface area contributed by atoms with Gasteiger partial charge in [-0.3, -0.25) is 5.43 Å². The monoisotopic (exact) mass is 391 g/mol. The van der Waals surface area contributed by atoms with Gasteiger partial charge in [-0.15, -0.1) is 11.3 Å². The van der Waals surface area contributed by atoms with Crippen LogP contribution in [-0.4, -0.2) is 25.4 Å². The molecule has 134 valence electrons. The number of benzene rings is 2. The molecule has 1 N–H and O–H groups in total. The van der Waals surface area contributed by atoms with Gasteiger partial charge in [-0.2, -0.15) is 5.10 Å². The number of halogens is 2. The van der Waals surface area contributed by atoms with Gasteiger partial charge in [0.15, 0.2) is 11.5 Å². The summed E-state index contributed by atoms with van der Waals surface area (Å²) in [7, 11) is 3.07. The van der Waals surface area contributed by atoms with Crippen LogP contribution >= 0.6 is 22.9 Å². The normalized spacial score (nSPS) is 10.9. The maximum absolute atomic E-state index is 13.0. The highest BCUT2D eigenvalue weighted by Gasteiger charge is 2.12. The average Bonchev–Trinajstić information content (AvgIpc) is 3.12. The zero-order valence-corrected chi connectivity index (χ0v) is 15.6. The molecule has 3 rings (SSSR count). The van der Waals surface area contributed by atoms with Gasteiger partial charge in [0.2, 0.25) is 5.13 Å². The number of methoxy groups -OCH3 is 2. The van der Waals surface area contributed by atoms with Crippen molar-refractivity contribution in [3.8, 4) is 22.8 Å². The second-order valence-electron chi connectivity index (χ2n) is 5.12. The first-order valence-electron chi connectivity index (χ1n) is 7.53. The molecule has 0 bridgehead atoms. The van der Waals surface area contributed by atoms with Gasteiger partial charge in [-0.25, -0.2) is 9.37 Å². The standard InChI is InChI=1S/C18H15ClFN3O2S/c1-24-15-8-5-12(16(19)17(15)25-2)9-21-23-18-22-14(10-26-18)11-3-6-13(20)7-4-11/h3-10H,1-2H3,(H,22,23)/b21-9-. The summed E-state index contributed by atoms with van der Waals surface area (Å²) in [6, 6.07) is 9.70. The molecule has 0 aliphatic rings. The fraction of sp³-hybridized carbons (Fsp3) is 0.111. The van der Waals surface area contributed by atoms with E-state index in [1.165, 1.54) is 30.6 Å². The second kappa shape index (κ2) is 8.16. The van der Waals surface area contributed by atoms with Gasteiger partial charge < -0.3 is 9.47 Å². The summed E-state index contributed by atoms with van der Waals surface area (Å²) in [4.78, 5) is 4.42. The first-order valence-corrected chi connectivity index (χ1v) is 8.79. The number of thiazole rings is 1. The highest BCUT2D eigenvalue weighted by atomic mass is 35.5. The van der Waals surface area contributed by atoms with Crippen LogP contribution < -0.4 is 14.9 Å². The molecule has 0 fully saturated rings. The minimum Gasteiger partial charge on any atom is -0.493 e. The summed E-state index contributed by atoms with van der Waals surface area (Å²) in [6.45, 7) is 0. The van der Waals surface area contributed by atoms with Crippen molar-refractivity contribution >= 4 is 34.3 Å². The summed E-state index contributed by atoms with van der Waals surface area (Å²) in [5.74, 6) is 0.719. The molecule has 0 saturated heterocycles. The Bertz CT molecular complexity index is 929. The zero-order valence-electron chi connectivity index (χ0n) is 14.0. The van der Waals surface area contributed by atoms with Crippen LogP contribution in [0.4, 0.5) is 9.52 Å². The summed E-state index contributed by atoms with van der Waals surface area (Å²) in [6.07, 6.45) is 1.57. The van der Waals surface area contributed by atoms with E-state index in [-0.39, 0.29) is 5.82 Å². The number of anilines is 1. The fourth-order valence-corrected chi connectivity index (χ4v) is 3.19. The lowest BCUT2D eigenvalue weighted by atomic mass is 10.2. The van der Waals surface area contributed by atoms with Crippen molar-refractivity contribution in [3.05, 3.63) is 58.2 Å². The van der Waals surface area contributed by atoms with Crippen molar-refractivity contribution in [2.45, 2.75) is 0 Å². The Labute approximate surface area is 159 Å². The number of aromatic nitrogens is 1. The first kappa shape index (κ1) is 18.2. The number of hydrogen-bond donors (Lipinski definition) is 1. The molecule has 26 heavy (non-hydrogen) atoms. The summed E-state index contributed by atoms with van der Waals surface area (Å²) in [5.41, 5.74) is 5.12. The topological polar surface area (TPSA) is 55.7 Å². The number of hydrazone groups is 1. The number of ether oxygens (including phenoxy) is 2. The number of nitrogens with one attached hydrogen (secondary N) is 1. The van der Waals surface area contributed by atoms with Crippen LogP contribution in [0.2, 0.25) is 5.02 Å². The van der Waals surface area contributed by atoms with Crippen molar-refractivity contribution in [2.24, 2.45) is 5.10 Å². The lowest BCUT2D eigenvalue weighted by Crippen LogP contribution is -1.96. The van der Waals surface area contributed by atoms with E-state index in [4.69, 9.17) is 21.1 Å². The number of nitrogens with zero attached hydrogens (tertiary/aromatic N) is 2. The van der Waals surface area contributed by atoms with E-state index >= 15 is 0 Å². The van der Waals surface area contributed by atoms with Crippen molar-refractivity contribution in [1.29, 1.82) is 0 Å². The van der Waals surface area contributed by atoms with Crippen LogP contribution in [-0.2, 0) is 0 Å². The molecular weight excluding hydrogens is 377 g/mol. The molecule has 1 heterocycles. The molecule has 0 atom stereocenters. The highest BCUT2D eigenvalue weighted by Crippen LogP contribution is 2.36. The number of rotatable bonds is 6. The predicted octanol–water partition coefficient (Wildman–Crippen LogP) is 5.07. The molecule has 0 aliphatic carbocycles. The summed E-state index contributed by atoms with van der Waals surface area (Å²) in [5, 5.41) is 7.04. The second-order valence-corrected chi connectivity index (χ2v) is 6.36. The average molecular weight is 392 g/mol. The van der Waals surface area contributed by atoms with Crippen LogP contribution in [0.25, 0.3) is 11.3 Å². The van der Waals surface area contributed by atoms with Gasteiger partial charge >= 0.3 is 0 Å². The van der Waals surface area contributed by atoms with Crippen LogP contribution in [0.5, 0.6) is 11.5 Å². The summed E-state index contributed by atoms with van der Waals surface area (Å²) >= 11 is 7.70. The Morgan fingerprint density at radius 3 is 2.62 bits per heavy atom. The van der Waals surface area contributed by atoms with E-state index in [1.54, 1.807) is 37.6 Å². The lowest BCUT2D eigenvalue weighted by molar-refractivity contribution is 0.355. The Morgan fingerprint density at radius 2 is 1.92 bits per heavy atom. The van der Waals surface area contributed by atoms with Gasteiger partial charge in [-0.05, 0) is 36.4 Å². The minimum atomic E-state index is -0.279. The Balaban J connectivity index is 1.72. The molecule has 3 aromatic rings. The lowest BCUT2D eigenvalue weighted by Gasteiger charge is -2.10. The van der Waals surface area contributed by atoms with Gasteiger partial charge in [-0.1, -0.05) is 11.6 Å². The van der Waals surface area contributed by atoms with Crippen LogP contribution in [0, 0.1) is 5.82 Å². The zero-order chi connectivity index (χ0) is 18.5. The Kier molecular flexibility index (Phi) is 5.70. The van der Waals surface area contributed by atoms with E-state index in [9.17, 15) is 4.39 Å². The van der Waals surface area contributed by atoms with Crippen LogP contribution in [0.15, 0.2) is 46.9 Å². The van der Waals surface area contributed by atoms with E-state index < -0.39 is 0 Å². The fourth-order valence-electron chi connectivity index (χ4n) is 2.24. The highest BCUT2D eigenvalue weighted by molar-refractivity contribution is 7.14. The Hall–Kier alpha value is -2.64. The van der Waals surface area contributed by atoms with Crippen LogP contribution in [0.1, 0.15) is 5.56 Å². The molecule has 5 nitrogen and oxygen atoms in total. The predicted molar refractivity (Wildman–Crippen MR) is 103 cm³/mol. The van der Waals surface area contributed by atoms with Gasteiger partial charge in [0.25, 0.3) is 0 Å². The largest absolute Gasteiger partial charge is 0.493 e. The summed E-state index contributed by atoms with van der Waals surface area (Å²) < 4.78 is 23.4. The Morgan fingerprint density at radius 1 is 1.15 bits per heavy atom. The molecule has 2 aromatic carbocycles. The quantitative estimate of drug-likeness (QED) is 0.471. The third-order valence-electron chi connectivity index (χ3n) is 3.52. The van der Waals surface area contributed by atoms with Crippen LogP contribution in [0.3, 0.4) is 0 Å². The maximum atomic E-state index is 13.0. The molecule has 0 saturated carbocycles. The van der Waals surface area contributed by atoms with E-state index in [0.29, 0.717) is 27.2 Å². The molecule has 0 amide bonds. The molecule has 0 aliphatic heterocycles. The molecular formula is C18H15ClFN3O2S. The smallest absolute Gasteiger partial charge is 0.203 e.